The Hall–Kier alpha value is -0.870. The number of aliphatic hydroxyl groups is 1. The van der Waals surface area contributed by atoms with Gasteiger partial charge in [-0.05, 0) is 19.3 Å². The molecule has 274 valence electrons. The van der Waals surface area contributed by atoms with Crippen molar-refractivity contribution in [1.82, 2.24) is 5.32 Å². The summed E-state index contributed by atoms with van der Waals surface area (Å²) < 4.78 is 5.37. The normalized spacial score (nSPS) is 13.0. The molecule has 0 fully saturated rings. The van der Waals surface area contributed by atoms with Crippen molar-refractivity contribution in [2.45, 2.75) is 244 Å². The van der Waals surface area contributed by atoms with Gasteiger partial charge in [-0.2, -0.15) is 0 Å². The van der Waals surface area contributed by atoms with Crippen molar-refractivity contribution in [2.75, 3.05) is 7.11 Å². The van der Waals surface area contributed by atoms with Gasteiger partial charge in [0.1, 0.15) is 6.10 Å². The van der Waals surface area contributed by atoms with Crippen molar-refractivity contribution in [3.63, 3.8) is 0 Å². The number of unbranched alkanes of at least 4 members (excludes halogenated alkanes) is 31. The number of amides is 1. The molecule has 0 saturated carbocycles. The van der Waals surface area contributed by atoms with Crippen LogP contribution in [-0.4, -0.2) is 30.5 Å². The number of methoxy groups -OCH3 is 1. The predicted octanol–water partition coefficient (Wildman–Crippen LogP) is 13.3. The average Bonchev–Trinajstić information content (AvgIpc) is 3.06. The summed E-state index contributed by atoms with van der Waals surface area (Å²) in [6.07, 6.45) is 47.2. The molecule has 2 N–H and O–H groups in total. The summed E-state index contributed by atoms with van der Waals surface area (Å²) in [4.78, 5) is 12.4. The van der Waals surface area contributed by atoms with Crippen molar-refractivity contribution < 1.29 is 14.6 Å². The van der Waals surface area contributed by atoms with E-state index in [1.807, 2.05) is 6.08 Å². The number of hydrogen-bond acceptors (Lipinski definition) is 3. The molecule has 0 aromatic carbocycles. The van der Waals surface area contributed by atoms with Gasteiger partial charge in [0.05, 0.1) is 0 Å². The topological polar surface area (TPSA) is 58.6 Å². The number of carbonyl (C=O) groups excluding carboxylic acids is 1. The molecular formula is C42H83NO3. The summed E-state index contributed by atoms with van der Waals surface area (Å²) in [6.45, 7) is 4.57. The largest absolute Gasteiger partial charge is 0.384 e. The van der Waals surface area contributed by atoms with Crippen molar-refractivity contribution in [1.29, 1.82) is 0 Å². The van der Waals surface area contributed by atoms with Gasteiger partial charge in [-0.1, -0.05) is 219 Å². The third kappa shape index (κ3) is 34.5. The summed E-state index contributed by atoms with van der Waals surface area (Å²) in [5.74, 6) is -0.0252. The van der Waals surface area contributed by atoms with E-state index in [2.05, 4.69) is 19.2 Å². The van der Waals surface area contributed by atoms with Crippen LogP contribution in [0.2, 0.25) is 0 Å². The molecule has 0 heterocycles. The van der Waals surface area contributed by atoms with Gasteiger partial charge < -0.3 is 15.2 Å². The summed E-state index contributed by atoms with van der Waals surface area (Å²) in [6, 6.07) is 0. The van der Waals surface area contributed by atoms with Crippen molar-refractivity contribution in [2.24, 2.45) is 0 Å². The molecule has 46 heavy (non-hydrogen) atoms. The Bertz CT molecular complexity index is 622. The van der Waals surface area contributed by atoms with Crippen LogP contribution in [0.3, 0.4) is 0 Å². The molecule has 2 atom stereocenters. The smallest absolute Gasteiger partial charge is 0.222 e. The number of hydrogen-bond donors (Lipinski definition) is 2. The predicted molar refractivity (Wildman–Crippen MR) is 202 cm³/mol. The van der Waals surface area contributed by atoms with Crippen LogP contribution in [0.1, 0.15) is 232 Å². The van der Waals surface area contributed by atoms with Crippen LogP contribution in [0.15, 0.2) is 12.2 Å². The second-order valence-corrected chi connectivity index (χ2v) is 14.3. The van der Waals surface area contributed by atoms with Gasteiger partial charge in [-0.3, -0.25) is 4.79 Å². The number of nitrogens with one attached hydrogen (secondary N) is 1. The molecule has 0 rings (SSSR count). The molecule has 4 nitrogen and oxygen atoms in total. The highest BCUT2D eigenvalue weighted by molar-refractivity contribution is 5.76. The zero-order chi connectivity index (χ0) is 33.6. The molecule has 0 unspecified atom stereocenters. The summed E-state index contributed by atoms with van der Waals surface area (Å²) in [5.41, 5.74) is 0. The Morgan fingerprint density at radius 1 is 0.522 bits per heavy atom. The van der Waals surface area contributed by atoms with E-state index >= 15 is 0 Å². The van der Waals surface area contributed by atoms with Gasteiger partial charge in [0.25, 0.3) is 0 Å². The molecule has 4 heteroatoms. The van der Waals surface area contributed by atoms with Crippen LogP contribution in [0.5, 0.6) is 0 Å². The van der Waals surface area contributed by atoms with Gasteiger partial charge in [0.2, 0.25) is 5.91 Å². The minimum Gasteiger partial charge on any atom is -0.384 e. The Morgan fingerprint density at radius 2 is 0.826 bits per heavy atom. The maximum atomic E-state index is 12.4. The van der Waals surface area contributed by atoms with Crippen LogP contribution in [0, 0.1) is 0 Å². The molecule has 0 radical (unpaired) electrons. The van der Waals surface area contributed by atoms with Crippen molar-refractivity contribution in [3.05, 3.63) is 12.2 Å². The van der Waals surface area contributed by atoms with Crippen molar-refractivity contribution in [3.8, 4) is 0 Å². The first-order valence-electron chi connectivity index (χ1n) is 20.8. The Labute approximate surface area is 289 Å². The number of allylic oxidation sites excluding steroid dienone is 1. The third-order valence-electron chi connectivity index (χ3n) is 9.68. The average molecular weight is 650 g/mol. The lowest BCUT2D eigenvalue weighted by Gasteiger charge is -2.20. The number of aliphatic hydroxyl groups excluding tert-OH is 1. The van der Waals surface area contributed by atoms with Crippen LogP contribution < -0.4 is 5.32 Å². The first kappa shape index (κ1) is 45.1. The van der Waals surface area contributed by atoms with Gasteiger partial charge in [0.15, 0.2) is 6.23 Å². The molecular weight excluding hydrogens is 566 g/mol. The Balaban J connectivity index is 3.53. The van der Waals surface area contributed by atoms with Gasteiger partial charge in [0, 0.05) is 13.5 Å². The first-order chi connectivity index (χ1) is 22.7. The number of ether oxygens (including phenoxy) is 1. The second-order valence-electron chi connectivity index (χ2n) is 14.3. The third-order valence-corrected chi connectivity index (χ3v) is 9.68. The van der Waals surface area contributed by atoms with Crippen LogP contribution in [0.4, 0.5) is 0 Å². The Kier molecular flexibility index (Phi) is 37.8. The van der Waals surface area contributed by atoms with E-state index in [9.17, 15) is 9.90 Å². The molecule has 0 aliphatic rings. The zero-order valence-corrected chi connectivity index (χ0v) is 31.6. The molecule has 0 aliphatic heterocycles. The maximum Gasteiger partial charge on any atom is 0.222 e. The van der Waals surface area contributed by atoms with Crippen LogP contribution in [0.25, 0.3) is 0 Å². The fraction of sp³-hybridized carbons (Fsp3) is 0.929. The lowest BCUT2D eigenvalue weighted by molar-refractivity contribution is -0.127. The van der Waals surface area contributed by atoms with E-state index < -0.39 is 12.3 Å². The standard InChI is InChI=1S/C42H83NO3/c1-4-6-8-10-12-14-16-18-20-21-22-23-25-27-29-31-33-35-37-39-41(45)43-42(46-3)40(44)38-36-34-32-30-28-26-24-19-17-15-13-11-9-7-5-2/h36,38,40,42,44H,4-35,37,39H2,1-3H3,(H,43,45)/b38-36+/t40-,42-/m1/s1. The molecule has 0 saturated heterocycles. The highest BCUT2D eigenvalue weighted by Gasteiger charge is 2.18. The molecule has 0 aliphatic carbocycles. The van der Waals surface area contributed by atoms with Crippen molar-refractivity contribution >= 4 is 5.91 Å². The van der Waals surface area contributed by atoms with E-state index in [1.54, 1.807) is 13.2 Å². The summed E-state index contributed by atoms with van der Waals surface area (Å²) in [7, 11) is 1.55. The van der Waals surface area contributed by atoms with Gasteiger partial charge in [-0.15, -0.1) is 0 Å². The minimum atomic E-state index is -0.805. The fourth-order valence-electron chi connectivity index (χ4n) is 6.50. The summed E-state index contributed by atoms with van der Waals surface area (Å²) in [5, 5.41) is 13.3. The quantitative estimate of drug-likeness (QED) is 0.0397. The van der Waals surface area contributed by atoms with Crippen LogP contribution >= 0.6 is 0 Å². The molecule has 0 bridgehead atoms. The molecule has 0 aromatic heterocycles. The monoisotopic (exact) mass is 650 g/mol. The summed E-state index contributed by atoms with van der Waals surface area (Å²) >= 11 is 0. The molecule has 1 amide bonds. The molecule has 0 aromatic rings. The van der Waals surface area contributed by atoms with E-state index in [0.717, 1.165) is 25.7 Å². The fourth-order valence-corrected chi connectivity index (χ4v) is 6.50. The van der Waals surface area contributed by atoms with Crippen LogP contribution in [-0.2, 0) is 9.53 Å². The van der Waals surface area contributed by atoms with E-state index in [0.29, 0.717) is 6.42 Å². The minimum absolute atomic E-state index is 0.0252. The molecule has 0 spiro atoms. The highest BCUT2D eigenvalue weighted by Crippen LogP contribution is 2.16. The Morgan fingerprint density at radius 3 is 1.15 bits per heavy atom. The van der Waals surface area contributed by atoms with E-state index in [-0.39, 0.29) is 5.91 Å². The maximum absolute atomic E-state index is 12.4. The SMILES string of the molecule is CCCCCCCCCCCCCCC/C=C/[C@@H](O)[C@H](NC(=O)CCCCCCCCCCCCCCCCCCCCC)OC. The van der Waals surface area contributed by atoms with E-state index in [4.69, 9.17) is 4.74 Å². The lowest BCUT2D eigenvalue weighted by atomic mass is 10.0. The highest BCUT2D eigenvalue weighted by atomic mass is 16.5. The van der Waals surface area contributed by atoms with Gasteiger partial charge in [-0.25, -0.2) is 0 Å². The first-order valence-corrected chi connectivity index (χ1v) is 20.8. The number of rotatable bonds is 38. The van der Waals surface area contributed by atoms with Gasteiger partial charge >= 0.3 is 0 Å². The number of carbonyl (C=O) groups is 1. The second kappa shape index (κ2) is 38.6. The lowest BCUT2D eigenvalue weighted by Crippen LogP contribution is -2.43. The van der Waals surface area contributed by atoms with E-state index in [1.165, 1.54) is 186 Å². The zero-order valence-electron chi connectivity index (χ0n) is 31.6.